The van der Waals surface area contributed by atoms with E-state index < -0.39 is 30.8 Å². The van der Waals surface area contributed by atoms with E-state index in [2.05, 4.69) is 4.74 Å². The molecule has 0 spiro atoms. The number of ketones is 1. The normalized spacial score (nSPS) is 9.56. The second kappa shape index (κ2) is 6.70. The predicted molar refractivity (Wildman–Crippen MR) is 47.0 cm³/mol. The Kier molecular flexibility index (Phi) is 5.97. The number of hydrogen-bond acceptors (Lipinski definition) is 2. The van der Waals surface area contributed by atoms with Crippen LogP contribution in [0.1, 0.15) is 13.3 Å². The van der Waals surface area contributed by atoms with Gasteiger partial charge in [0.2, 0.25) is 0 Å². The van der Waals surface area contributed by atoms with Gasteiger partial charge in [0, 0.05) is 12.7 Å². The Labute approximate surface area is 89.2 Å². The van der Waals surface area contributed by atoms with Gasteiger partial charge in [0.05, 0.1) is 13.0 Å². The van der Waals surface area contributed by atoms with E-state index in [-0.39, 0.29) is 0 Å². The third-order valence-corrected chi connectivity index (χ3v) is 1.42. The molecule has 0 rings (SSSR count). The fourth-order valence-electron chi connectivity index (χ4n) is 0.577. The van der Waals surface area contributed by atoms with Crippen LogP contribution in [0.15, 0.2) is 29.5 Å². The molecule has 0 radical (unpaired) electrons. The van der Waals surface area contributed by atoms with E-state index in [9.17, 15) is 22.4 Å². The topological polar surface area (TPSA) is 26.3 Å². The summed E-state index contributed by atoms with van der Waals surface area (Å²) in [5, 5.41) is 0. The number of Topliss-reactive ketones (excluding diaryl/α,β-unsaturated/α-hetero) is 1. The number of carbonyl (C=O) groups is 1. The summed E-state index contributed by atoms with van der Waals surface area (Å²) in [5.41, 5.74) is 5.16. The van der Waals surface area contributed by atoms with Crippen LogP contribution in [0, 0.1) is 0 Å². The van der Waals surface area contributed by atoms with Gasteiger partial charge in [0.15, 0.2) is 5.78 Å². The van der Waals surface area contributed by atoms with Gasteiger partial charge < -0.3 is 4.74 Å². The molecule has 0 saturated heterocycles. The smallest absolute Gasteiger partial charge is 0.321 e. The molecule has 0 aromatic heterocycles. The zero-order valence-electron chi connectivity index (χ0n) is 8.32. The highest BCUT2D eigenvalue weighted by atomic mass is 19.3. The van der Waals surface area contributed by atoms with Crippen LogP contribution in [0.4, 0.5) is 17.6 Å². The minimum atomic E-state index is -3.43. The van der Waals surface area contributed by atoms with E-state index in [1.54, 1.807) is 5.73 Å². The van der Waals surface area contributed by atoms with E-state index in [1.165, 1.54) is 5.73 Å². The van der Waals surface area contributed by atoms with Crippen LogP contribution in [-0.2, 0) is 9.53 Å². The molecule has 0 bridgehead atoms. The van der Waals surface area contributed by atoms with Crippen molar-refractivity contribution in [3.63, 3.8) is 0 Å². The van der Waals surface area contributed by atoms with Crippen LogP contribution >= 0.6 is 0 Å². The number of rotatable bonds is 5. The highest BCUT2D eigenvalue weighted by Gasteiger charge is 2.34. The molecule has 0 amide bonds. The molecule has 0 saturated carbocycles. The lowest BCUT2D eigenvalue weighted by Crippen LogP contribution is -2.27. The van der Waals surface area contributed by atoms with Gasteiger partial charge in [-0.25, -0.2) is 0 Å². The summed E-state index contributed by atoms with van der Waals surface area (Å²) in [6, 6.07) is 0. The molecule has 16 heavy (non-hydrogen) atoms. The van der Waals surface area contributed by atoms with Crippen molar-refractivity contribution in [2.24, 2.45) is 0 Å². The summed E-state index contributed by atoms with van der Waals surface area (Å²) in [4.78, 5) is 10.4. The lowest BCUT2D eigenvalue weighted by molar-refractivity contribution is -0.142. The molecule has 0 unspecified atom stereocenters. The van der Waals surface area contributed by atoms with Gasteiger partial charge in [-0.3, -0.25) is 4.79 Å². The number of hydrogen-bond donors (Lipinski definition) is 0. The molecule has 0 aliphatic carbocycles. The van der Waals surface area contributed by atoms with Gasteiger partial charge >= 0.3 is 12.0 Å². The summed E-state index contributed by atoms with van der Waals surface area (Å²) >= 11 is 0. The van der Waals surface area contributed by atoms with Crippen LogP contribution in [0.3, 0.4) is 0 Å². The van der Waals surface area contributed by atoms with Gasteiger partial charge in [-0.2, -0.15) is 17.6 Å². The van der Waals surface area contributed by atoms with Gasteiger partial charge in [0.25, 0.3) is 0 Å². The van der Waals surface area contributed by atoms with Gasteiger partial charge in [0.1, 0.15) is 6.26 Å². The van der Waals surface area contributed by atoms with Crippen LogP contribution in [-0.4, -0.2) is 18.3 Å². The van der Waals surface area contributed by atoms with Crippen molar-refractivity contribution in [1.29, 1.82) is 0 Å². The minimum Gasteiger partial charge on any atom is -0.492 e. The number of ether oxygens (including phenoxy) is 1. The van der Waals surface area contributed by atoms with Crippen molar-refractivity contribution in [2.75, 3.05) is 6.61 Å². The van der Waals surface area contributed by atoms with Crippen molar-refractivity contribution in [2.45, 2.75) is 19.3 Å². The lowest BCUT2D eigenvalue weighted by atomic mass is 10.2. The molecular weight excluding hydrogens is 228 g/mol. The molecular formula is C10H8F4O2. The summed E-state index contributed by atoms with van der Waals surface area (Å²) in [6.07, 6.45) is -2.08. The Balaban J connectivity index is 4.09. The Hall–Kier alpha value is -1.73. The molecule has 0 aliphatic rings. The van der Waals surface area contributed by atoms with Crippen LogP contribution < -0.4 is 0 Å². The van der Waals surface area contributed by atoms with E-state index in [1.807, 2.05) is 5.73 Å². The van der Waals surface area contributed by atoms with Gasteiger partial charge in [-0.1, -0.05) is 0 Å². The van der Waals surface area contributed by atoms with Crippen LogP contribution in [0.2, 0.25) is 0 Å². The van der Waals surface area contributed by atoms with Gasteiger partial charge in [-0.15, -0.1) is 0 Å². The maximum atomic E-state index is 12.6. The molecule has 0 fully saturated rings. The van der Waals surface area contributed by atoms with Crippen molar-refractivity contribution in [3.05, 3.63) is 29.5 Å². The second-order valence-electron chi connectivity index (χ2n) is 2.65. The first-order valence-electron chi connectivity index (χ1n) is 4.13. The number of alkyl halides is 2. The Morgan fingerprint density at radius 2 is 2.06 bits per heavy atom. The zero-order valence-corrected chi connectivity index (χ0v) is 8.32. The third-order valence-electron chi connectivity index (χ3n) is 1.42. The Bertz CT molecular complexity index is 378. The fraction of sp³-hybridized carbons (Fsp3) is 0.400. The molecule has 0 atom stereocenters. The second-order valence-corrected chi connectivity index (χ2v) is 2.65. The Morgan fingerprint density at radius 1 is 1.44 bits per heavy atom. The molecule has 88 valence electrons. The summed E-state index contributed by atoms with van der Waals surface area (Å²) in [7, 11) is 0. The molecule has 6 heteroatoms. The molecule has 0 aromatic carbocycles. The molecule has 0 aromatic rings. The van der Waals surface area contributed by atoms with E-state index in [0.717, 1.165) is 13.2 Å². The first kappa shape index (κ1) is 14.3. The molecule has 0 N–H and O–H groups in total. The summed E-state index contributed by atoms with van der Waals surface area (Å²) in [6.45, 7) is 0.344. The Morgan fingerprint density at radius 3 is 2.56 bits per heavy atom. The maximum absolute atomic E-state index is 12.6. The summed E-state index contributed by atoms with van der Waals surface area (Å²) in [5.74, 6) is -4.68. The largest absolute Gasteiger partial charge is 0.492 e. The SMILES string of the molecule is CC(=O)C(F)(F)CCOC=C=C=C=C(F)F. The van der Waals surface area contributed by atoms with Crippen LogP contribution in [0.5, 0.6) is 0 Å². The number of carbonyl (C=O) groups excluding carboxylic acids is 1. The highest BCUT2D eigenvalue weighted by Crippen LogP contribution is 2.18. The van der Waals surface area contributed by atoms with Gasteiger partial charge in [-0.05, 0) is 11.5 Å². The first-order valence-corrected chi connectivity index (χ1v) is 4.13. The molecule has 2 nitrogen and oxygen atoms in total. The van der Waals surface area contributed by atoms with E-state index in [0.29, 0.717) is 0 Å². The third kappa shape index (κ3) is 6.68. The predicted octanol–water partition coefficient (Wildman–Crippen LogP) is 2.82. The quantitative estimate of drug-likeness (QED) is 0.317. The highest BCUT2D eigenvalue weighted by molar-refractivity contribution is 5.82. The summed E-state index contributed by atoms with van der Waals surface area (Å²) < 4.78 is 52.5. The monoisotopic (exact) mass is 236 g/mol. The average Bonchev–Trinajstić information content (AvgIpc) is 2.15. The fourth-order valence-corrected chi connectivity index (χ4v) is 0.577. The molecule has 0 aliphatic heterocycles. The maximum Gasteiger partial charge on any atom is 0.321 e. The van der Waals surface area contributed by atoms with Crippen molar-refractivity contribution in [3.8, 4) is 0 Å². The first-order chi connectivity index (χ1) is 7.36. The lowest BCUT2D eigenvalue weighted by Gasteiger charge is -2.10. The van der Waals surface area contributed by atoms with Crippen molar-refractivity contribution >= 4 is 5.78 Å². The average molecular weight is 236 g/mol. The van der Waals surface area contributed by atoms with Crippen molar-refractivity contribution in [1.82, 2.24) is 0 Å². The van der Waals surface area contributed by atoms with E-state index in [4.69, 9.17) is 0 Å². The van der Waals surface area contributed by atoms with E-state index >= 15 is 0 Å². The molecule has 0 heterocycles. The zero-order chi connectivity index (χ0) is 12.6. The minimum absolute atomic E-state index is 0.427. The van der Waals surface area contributed by atoms with Crippen LogP contribution in [0.25, 0.3) is 0 Å². The van der Waals surface area contributed by atoms with Crippen molar-refractivity contribution < 1.29 is 27.1 Å². The number of halogens is 4. The standard InChI is InChI=1S/C10H8F4O2/c1-8(15)10(13,14)5-7-16-6-3-2-4-9(11)12/h6H,5,7H2,1H3.